The first kappa shape index (κ1) is 7.92. The number of hydrogen-bond donors (Lipinski definition) is 1. The van der Waals surface area contributed by atoms with E-state index in [4.69, 9.17) is 4.42 Å². The number of hydrogen-bond acceptors (Lipinski definition) is 5. The molecule has 3 rings (SSSR count). The van der Waals surface area contributed by atoms with Crippen LogP contribution >= 0.6 is 0 Å². The van der Waals surface area contributed by atoms with Crippen molar-refractivity contribution < 1.29 is 4.42 Å². The van der Waals surface area contributed by atoms with Gasteiger partial charge in [0.15, 0.2) is 5.52 Å². The lowest BCUT2D eigenvalue weighted by molar-refractivity contribution is 0.515. The average molecular weight is 203 g/mol. The Morgan fingerprint density at radius 1 is 1.40 bits per heavy atom. The number of nitrogens with zero attached hydrogens (tertiary/aromatic N) is 4. The van der Waals surface area contributed by atoms with Crippen molar-refractivity contribution in [1.82, 2.24) is 24.7 Å². The zero-order valence-electron chi connectivity index (χ0n) is 7.41. The number of fused-ring (bicyclic) bond motifs is 1. The molecular weight excluding hydrogens is 198 g/mol. The third kappa shape index (κ3) is 1.06. The number of rotatable bonds is 1. The highest BCUT2D eigenvalue weighted by Crippen LogP contribution is 2.10. The summed E-state index contributed by atoms with van der Waals surface area (Å²) in [6.07, 6.45) is 5.70. The van der Waals surface area contributed by atoms with Crippen molar-refractivity contribution in [2.45, 2.75) is 0 Å². The third-order valence-electron chi connectivity index (χ3n) is 1.96. The van der Waals surface area contributed by atoms with Crippen LogP contribution in [0.15, 0.2) is 34.2 Å². The molecule has 0 aliphatic heterocycles. The summed E-state index contributed by atoms with van der Waals surface area (Å²) >= 11 is 0. The van der Waals surface area contributed by atoms with E-state index >= 15 is 0 Å². The molecule has 7 nitrogen and oxygen atoms in total. The minimum absolute atomic E-state index is 0.239. The number of oxazole rings is 1. The van der Waals surface area contributed by atoms with Gasteiger partial charge in [0.2, 0.25) is 0 Å². The second kappa shape index (κ2) is 2.77. The first-order chi connectivity index (χ1) is 7.36. The molecule has 0 aromatic carbocycles. The van der Waals surface area contributed by atoms with Crippen LogP contribution in [0.1, 0.15) is 0 Å². The highest BCUT2D eigenvalue weighted by atomic mass is 16.4. The van der Waals surface area contributed by atoms with Crippen molar-refractivity contribution in [3.63, 3.8) is 0 Å². The Morgan fingerprint density at radius 3 is 3.13 bits per heavy atom. The molecule has 0 unspecified atom stereocenters. The van der Waals surface area contributed by atoms with Crippen LogP contribution in [-0.2, 0) is 0 Å². The molecule has 74 valence electrons. The van der Waals surface area contributed by atoms with E-state index in [-0.39, 0.29) is 11.6 Å². The molecular formula is C8H5N5O2. The summed E-state index contributed by atoms with van der Waals surface area (Å²) in [5.74, 6) is 0. The summed E-state index contributed by atoms with van der Waals surface area (Å²) in [5, 5.41) is 3.98. The van der Waals surface area contributed by atoms with Crippen molar-refractivity contribution in [2.24, 2.45) is 0 Å². The van der Waals surface area contributed by atoms with Gasteiger partial charge in [0.1, 0.15) is 11.8 Å². The van der Waals surface area contributed by atoms with E-state index in [1.54, 1.807) is 0 Å². The van der Waals surface area contributed by atoms with Gasteiger partial charge in [-0.1, -0.05) is 0 Å². The fourth-order valence-corrected chi connectivity index (χ4v) is 1.34. The Labute approximate surface area is 82.4 Å². The number of aromatic nitrogens is 5. The summed E-state index contributed by atoms with van der Waals surface area (Å²) in [7, 11) is 0. The van der Waals surface area contributed by atoms with Gasteiger partial charge in [0, 0.05) is 0 Å². The van der Waals surface area contributed by atoms with E-state index in [0.717, 1.165) is 0 Å². The number of nitrogens with one attached hydrogen (secondary N) is 1. The molecule has 0 fully saturated rings. The summed E-state index contributed by atoms with van der Waals surface area (Å²) in [4.78, 5) is 21.9. The maximum atomic E-state index is 11.5. The molecule has 0 aliphatic carbocycles. The Kier molecular flexibility index (Phi) is 1.46. The Bertz CT molecular complexity index is 651. The topological polar surface area (TPSA) is 89.6 Å². The van der Waals surface area contributed by atoms with Gasteiger partial charge in [0.25, 0.3) is 5.56 Å². The molecule has 15 heavy (non-hydrogen) atoms. The Hall–Kier alpha value is -2.44. The van der Waals surface area contributed by atoms with E-state index in [1.807, 2.05) is 0 Å². The van der Waals surface area contributed by atoms with Crippen molar-refractivity contribution in [3.8, 4) is 6.01 Å². The fourth-order valence-electron chi connectivity index (χ4n) is 1.34. The van der Waals surface area contributed by atoms with Crippen LogP contribution in [0, 0.1) is 0 Å². The maximum Gasteiger partial charge on any atom is 0.323 e. The Morgan fingerprint density at radius 2 is 2.33 bits per heavy atom. The molecule has 0 amide bonds. The molecule has 3 heterocycles. The highest BCUT2D eigenvalue weighted by molar-refractivity contribution is 5.73. The molecule has 0 aliphatic rings. The van der Waals surface area contributed by atoms with E-state index in [9.17, 15) is 4.79 Å². The second-order valence-electron chi connectivity index (χ2n) is 2.84. The molecule has 0 saturated heterocycles. The first-order valence-corrected chi connectivity index (χ1v) is 4.17. The number of aromatic amines is 1. The van der Waals surface area contributed by atoms with Crippen molar-refractivity contribution >= 4 is 11.0 Å². The highest BCUT2D eigenvalue weighted by Gasteiger charge is 2.11. The molecule has 0 radical (unpaired) electrons. The maximum absolute atomic E-state index is 11.5. The Balaban J connectivity index is 2.43. The van der Waals surface area contributed by atoms with Crippen LogP contribution in [0.3, 0.4) is 0 Å². The standard InChI is InChI=1S/C8H5N5O2/c14-7-6-5(10-4-11-7)3-12-13(6)8-9-1-2-15-8/h1-4H,(H,10,11,14). The monoisotopic (exact) mass is 203 g/mol. The van der Waals surface area contributed by atoms with Gasteiger partial charge in [-0.25, -0.2) is 9.97 Å². The lowest BCUT2D eigenvalue weighted by atomic mass is 10.5. The minimum Gasteiger partial charge on any atom is -0.431 e. The molecule has 0 saturated carbocycles. The fraction of sp³-hybridized carbons (Fsp3) is 0. The van der Waals surface area contributed by atoms with Crippen molar-refractivity contribution in [2.75, 3.05) is 0 Å². The van der Waals surface area contributed by atoms with E-state index in [1.165, 1.54) is 29.7 Å². The van der Waals surface area contributed by atoms with E-state index in [2.05, 4.69) is 20.1 Å². The van der Waals surface area contributed by atoms with Crippen LogP contribution in [0.4, 0.5) is 0 Å². The zero-order chi connectivity index (χ0) is 10.3. The van der Waals surface area contributed by atoms with Crippen LogP contribution in [0.2, 0.25) is 0 Å². The molecule has 7 heteroatoms. The molecule has 0 bridgehead atoms. The van der Waals surface area contributed by atoms with Crippen molar-refractivity contribution in [3.05, 3.63) is 35.3 Å². The van der Waals surface area contributed by atoms with Gasteiger partial charge < -0.3 is 9.40 Å². The van der Waals surface area contributed by atoms with Gasteiger partial charge in [-0.2, -0.15) is 9.78 Å². The predicted octanol–water partition coefficient (Wildman–Crippen LogP) is 0.0968. The summed E-state index contributed by atoms with van der Waals surface area (Å²) in [6.45, 7) is 0. The molecule has 3 aromatic heterocycles. The van der Waals surface area contributed by atoms with Crippen molar-refractivity contribution in [1.29, 1.82) is 0 Å². The van der Waals surface area contributed by atoms with Crippen LogP contribution < -0.4 is 5.56 Å². The first-order valence-electron chi connectivity index (χ1n) is 4.17. The van der Waals surface area contributed by atoms with Crippen LogP contribution in [0.5, 0.6) is 0 Å². The molecule has 3 aromatic rings. The molecule has 0 atom stereocenters. The normalized spacial score (nSPS) is 10.9. The second-order valence-corrected chi connectivity index (χ2v) is 2.84. The largest absolute Gasteiger partial charge is 0.431 e. The summed E-state index contributed by atoms with van der Waals surface area (Å²) in [6, 6.07) is 0.239. The predicted molar refractivity (Wildman–Crippen MR) is 49.5 cm³/mol. The average Bonchev–Trinajstić information content (AvgIpc) is 2.85. The molecule has 0 spiro atoms. The minimum atomic E-state index is -0.282. The van der Waals surface area contributed by atoms with Crippen LogP contribution in [0.25, 0.3) is 17.0 Å². The number of H-pyrrole nitrogens is 1. The molecule has 1 N–H and O–H groups in total. The summed E-state index contributed by atoms with van der Waals surface area (Å²) in [5.41, 5.74) is 0.535. The van der Waals surface area contributed by atoms with Gasteiger partial charge in [0.05, 0.1) is 18.7 Å². The van der Waals surface area contributed by atoms with E-state index < -0.39 is 0 Å². The van der Waals surface area contributed by atoms with Gasteiger partial charge in [-0.15, -0.1) is 0 Å². The lowest BCUT2D eigenvalue weighted by Crippen LogP contribution is -2.11. The van der Waals surface area contributed by atoms with E-state index in [0.29, 0.717) is 11.0 Å². The third-order valence-corrected chi connectivity index (χ3v) is 1.96. The smallest absolute Gasteiger partial charge is 0.323 e. The van der Waals surface area contributed by atoms with Gasteiger partial charge in [-0.3, -0.25) is 4.79 Å². The zero-order valence-corrected chi connectivity index (χ0v) is 7.41. The van der Waals surface area contributed by atoms with Crippen LogP contribution in [-0.4, -0.2) is 24.7 Å². The quantitative estimate of drug-likeness (QED) is 0.605. The SMILES string of the molecule is O=c1[nH]cnc2cnn(-c3ncco3)c12. The van der Waals surface area contributed by atoms with Gasteiger partial charge >= 0.3 is 6.01 Å². The van der Waals surface area contributed by atoms with Gasteiger partial charge in [-0.05, 0) is 0 Å². The lowest BCUT2D eigenvalue weighted by Gasteiger charge is -1.94. The summed E-state index contributed by atoms with van der Waals surface area (Å²) < 4.78 is 6.36.